The fraction of sp³-hybridized carbons (Fsp3) is 0.455. The lowest BCUT2D eigenvalue weighted by molar-refractivity contribution is -0.129. The van der Waals surface area contributed by atoms with E-state index in [0.29, 0.717) is 0 Å². The van der Waals surface area contributed by atoms with E-state index in [9.17, 15) is 34.4 Å². The Kier molecular flexibility index (Phi) is 4.37. The summed E-state index contributed by atoms with van der Waals surface area (Å²) in [5, 5.41) is 0. The second-order valence-corrected chi connectivity index (χ2v) is 8.88. The second kappa shape index (κ2) is 5.65. The summed E-state index contributed by atoms with van der Waals surface area (Å²) >= 11 is 0. The van der Waals surface area contributed by atoms with E-state index < -0.39 is 50.1 Å². The average Bonchev–Trinajstić information content (AvgIpc) is 2.59. The lowest BCUT2D eigenvalue weighted by Crippen LogP contribution is -2.32. The molecule has 1 aliphatic rings. The van der Waals surface area contributed by atoms with Crippen LogP contribution in [0, 0.1) is 5.82 Å². The number of alkyl halides is 3. The fourth-order valence-electron chi connectivity index (χ4n) is 2.03. The van der Waals surface area contributed by atoms with Gasteiger partial charge in [-0.1, -0.05) is 0 Å². The van der Waals surface area contributed by atoms with Gasteiger partial charge in [0.15, 0.2) is 0 Å². The Morgan fingerprint density at radius 2 is 1.62 bits per heavy atom. The minimum Gasteiger partial charge on any atom is -0.280 e. The van der Waals surface area contributed by atoms with Crippen LogP contribution in [0.1, 0.15) is 6.42 Å². The number of nitrogens with zero attached hydrogens (tertiary/aromatic N) is 2. The van der Waals surface area contributed by atoms with Gasteiger partial charge in [-0.2, -0.15) is 21.6 Å². The average molecular weight is 391 g/mol. The van der Waals surface area contributed by atoms with Gasteiger partial charge in [0.1, 0.15) is 5.82 Å². The van der Waals surface area contributed by atoms with E-state index in [1.807, 2.05) is 0 Å². The largest absolute Gasteiger partial charge is 0.390 e. The molecule has 0 saturated carbocycles. The summed E-state index contributed by atoms with van der Waals surface area (Å²) in [5.41, 5.74) is -0.658. The van der Waals surface area contributed by atoms with Gasteiger partial charge in [-0.3, -0.25) is 13.3 Å². The van der Waals surface area contributed by atoms with Crippen LogP contribution in [0.15, 0.2) is 12.1 Å². The van der Waals surface area contributed by atoms with Gasteiger partial charge in [-0.25, -0.2) is 12.8 Å². The maximum Gasteiger partial charge on any atom is 0.390 e. The van der Waals surface area contributed by atoms with Gasteiger partial charge in [0.2, 0.25) is 10.0 Å². The first-order valence-corrected chi connectivity index (χ1v) is 9.43. The van der Waals surface area contributed by atoms with Crippen molar-refractivity contribution < 1.29 is 34.4 Å². The number of hydrogen-bond acceptors (Lipinski definition) is 4. The Labute approximate surface area is 136 Å². The summed E-state index contributed by atoms with van der Waals surface area (Å²) in [4.78, 5) is 0. The van der Waals surface area contributed by atoms with Crippen molar-refractivity contribution in [1.82, 2.24) is 0 Å². The molecular weight excluding hydrogens is 378 g/mol. The highest BCUT2D eigenvalue weighted by molar-refractivity contribution is 7.94. The van der Waals surface area contributed by atoms with Crippen molar-refractivity contribution in [3.8, 4) is 0 Å². The number of sulfonamides is 1. The Morgan fingerprint density at radius 1 is 1.12 bits per heavy atom. The topological polar surface area (TPSA) is 86.8 Å². The molecule has 1 aromatic carbocycles. The highest BCUT2D eigenvalue weighted by Crippen LogP contribution is 2.41. The summed E-state index contributed by atoms with van der Waals surface area (Å²) in [6, 6.07) is 1.70. The van der Waals surface area contributed by atoms with E-state index in [-0.39, 0.29) is 11.4 Å². The molecule has 0 aliphatic carbocycles. The molecule has 0 unspecified atom stereocenters. The minimum absolute atomic E-state index is 0.00702. The van der Waals surface area contributed by atoms with Gasteiger partial charge in [-0.05, 0) is 6.07 Å². The number of anilines is 3. The molecule has 7 nitrogen and oxygen atoms in total. The zero-order valence-electron chi connectivity index (χ0n) is 12.4. The lowest BCUT2D eigenvalue weighted by atomic mass is 10.2. The quantitative estimate of drug-likeness (QED) is 0.791. The molecule has 0 radical (unpaired) electrons. The normalized spacial score (nSPS) is 17.1. The van der Waals surface area contributed by atoms with Crippen molar-refractivity contribution in [2.24, 2.45) is 0 Å². The van der Waals surface area contributed by atoms with Crippen LogP contribution < -0.4 is 13.3 Å². The number of halogens is 4. The van der Waals surface area contributed by atoms with Crippen LogP contribution in [0.25, 0.3) is 0 Å². The molecule has 0 spiro atoms. The molecule has 1 N–H and O–H groups in total. The Hall–Kier alpha value is -1.76. The first-order chi connectivity index (χ1) is 10.7. The number of rotatable bonds is 4. The van der Waals surface area contributed by atoms with Crippen LogP contribution in [0.4, 0.5) is 34.6 Å². The molecule has 13 heteroatoms. The zero-order valence-corrected chi connectivity index (χ0v) is 14.1. The second-order valence-electron chi connectivity index (χ2n) is 5.05. The molecule has 24 heavy (non-hydrogen) atoms. The SMILES string of the molecule is CN1c2cc(F)c(NS(=O)(=O)CCC(F)(F)F)cc2N(C)S1(=O)=O. The van der Waals surface area contributed by atoms with E-state index >= 15 is 0 Å². The molecule has 0 bridgehead atoms. The highest BCUT2D eigenvalue weighted by atomic mass is 32.2. The van der Waals surface area contributed by atoms with Crippen molar-refractivity contribution in [2.45, 2.75) is 12.6 Å². The molecule has 0 amide bonds. The molecule has 136 valence electrons. The van der Waals surface area contributed by atoms with Crippen molar-refractivity contribution in [3.63, 3.8) is 0 Å². The predicted octanol–water partition coefficient (Wildman–Crippen LogP) is 1.65. The Morgan fingerprint density at radius 3 is 2.12 bits per heavy atom. The van der Waals surface area contributed by atoms with E-state index in [1.165, 1.54) is 14.1 Å². The predicted molar refractivity (Wildman–Crippen MR) is 80.2 cm³/mol. The maximum absolute atomic E-state index is 14.0. The number of hydrogen-bond donors (Lipinski definition) is 1. The highest BCUT2D eigenvalue weighted by Gasteiger charge is 2.37. The summed E-state index contributed by atoms with van der Waals surface area (Å²) < 4.78 is 101. The molecule has 0 fully saturated rings. The van der Waals surface area contributed by atoms with E-state index in [2.05, 4.69) is 0 Å². The Bertz CT molecular complexity index is 868. The molecule has 0 saturated heterocycles. The molecular formula is C11H13F4N3O4S2. The van der Waals surface area contributed by atoms with Crippen LogP contribution in [0.2, 0.25) is 0 Å². The summed E-state index contributed by atoms with van der Waals surface area (Å²) in [7, 11) is -5.99. The first-order valence-electron chi connectivity index (χ1n) is 6.38. The van der Waals surface area contributed by atoms with E-state index in [1.54, 1.807) is 4.72 Å². The number of fused-ring (bicyclic) bond motifs is 1. The van der Waals surface area contributed by atoms with Crippen LogP contribution in [0.3, 0.4) is 0 Å². The maximum atomic E-state index is 14.0. The van der Waals surface area contributed by atoms with Gasteiger partial charge in [0.05, 0.1) is 29.2 Å². The summed E-state index contributed by atoms with van der Waals surface area (Å²) in [6.45, 7) is 0. The summed E-state index contributed by atoms with van der Waals surface area (Å²) in [5.74, 6) is -2.39. The zero-order chi connectivity index (χ0) is 18.5. The van der Waals surface area contributed by atoms with Crippen molar-refractivity contribution in [1.29, 1.82) is 0 Å². The first kappa shape index (κ1) is 18.6. The van der Waals surface area contributed by atoms with Crippen LogP contribution >= 0.6 is 0 Å². The molecule has 0 atom stereocenters. The third kappa shape index (κ3) is 3.50. The monoisotopic (exact) mass is 391 g/mol. The van der Waals surface area contributed by atoms with E-state index in [0.717, 1.165) is 20.7 Å². The van der Waals surface area contributed by atoms with Crippen LogP contribution in [-0.2, 0) is 20.2 Å². The number of nitrogens with one attached hydrogen (secondary N) is 1. The smallest absolute Gasteiger partial charge is 0.280 e. The van der Waals surface area contributed by atoms with Gasteiger partial charge in [-0.15, -0.1) is 0 Å². The van der Waals surface area contributed by atoms with Crippen molar-refractivity contribution >= 4 is 37.3 Å². The molecule has 1 heterocycles. The van der Waals surface area contributed by atoms with Crippen LogP contribution in [0.5, 0.6) is 0 Å². The molecule has 1 aliphatic heterocycles. The van der Waals surface area contributed by atoms with Crippen molar-refractivity contribution in [3.05, 3.63) is 17.9 Å². The number of benzene rings is 1. The molecule has 0 aromatic heterocycles. The van der Waals surface area contributed by atoms with Gasteiger partial charge in [0, 0.05) is 20.2 Å². The van der Waals surface area contributed by atoms with Gasteiger partial charge in [0.25, 0.3) is 0 Å². The molecule has 1 aromatic rings. The van der Waals surface area contributed by atoms with Gasteiger partial charge >= 0.3 is 16.4 Å². The summed E-state index contributed by atoms with van der Waals surface area (Å²) in [6.07, 6.45) is -6.27. The van der Waals surface area contributed by atoms with Crippen molar-refractivity contribution in [2.75, 3.05) is 33.2 Å². The van der Waals surface area contributed by atoms with Gasteiger partial charge < -0.3 is 0 Å². The van der Waals surface area contributed by atoms with E-state index in [4.69, 9.17) is 0 Å². The molecule has 2 rings (SSSR count). The third-order valence-electron chi connectivity index (χ3n) is 3.35. The third-order valence-corrected chi connectivity index (χ3v) is 6.40. The fourth-order valence-corrected chi connectivity index (χ4v) is 4.29. The Balaban J connectivity index is 2.34. The standard InChI is InChI=1S/C11H13F4N3O4S2/c1-17-9-5-7(12)8(6-10(9)18(2)24(17,21)22)16-23(19,20)4-3-11(13,14)15/h5-6,16H,3-4H2,1-2H3. The van der Waals surface area contributed by atoms with Crippen LogP contribution in [-0.4, -0.2) is 42.9 Å². The lowest BCUT2D eigenvalue weighted by Gasteiger charge is -2.13. The minimum atomic E-state index is -4.68.